The molecule has 1 saturated carbocycles. The Kier molecular flexibility index (Phi) is 3.04. The maximum Gasteiger partial charge on any atom is 0.250 e. The molecule has 94 valence electrons. The van der Waals surface area contributed by atoms with Crippen LogP contribution in [0.5, 0.6) is 0 Å². The monoisotopic (exact) mass is 284 g/mol. The van der Waals surface area contributed by atoms with Crippen molar-refractivity contribution in [2.45, 2.75) is 24.2 Å². The first-order valence-electron chi connectivity index (χ1n) is 4.90. The van der Waals surface area contributed by atoms with Crippen molar-refractivity contribution in [3.63, 3.8) is 0 Å². The first-order chi connectivity index (χ1) is 7.80. The Balaban J connectivity index is 2.43. The smallest absolute Gasteiger partial charge is 0.250 e. The van der Waals surface area contributed by atoms with E-state index in [1.54, 1.807) is 0 Å². The minimum atomic E-state index is -2.78. The van der Waals surface area contributed by atoms with Crippen molar-refractivity contribution in [2.75, 3.05) is 6.54 Å². The van der Waals surface area contributed by atoms with Crippen LogP contribution in [-0.4, -0.2) is 17.5 Å². The maximum absolute atomic E-state index is 13.3. The largest absolute Gasteiger partial charge is 0.330 e. The topological polar surface area (TPSA) is 38.9 Å². The summed E-state index contributed by atoms with van der Waals surface area (Å²) in [6.45, 7) is -0.0366. The number of nitrogens with two attached hydrogens (primary N) is 1. The molecule has 0 bridgehead atoms. The van der Waals surface area contributed by atoms with E-state index in [1.807, 2.05) is 0 Å². The quantitative estimate of drug-likeness (QED) is 0.848. The SMILES string of the molecule is NCC1(c2cc(F)c(Cl)nc2Cl)CC(F)(F)C1. The van der Waals surface area contributed by atoms with Gasteiger partial charge in [-0.05, 0) is 6.07 Å². The molecule has 1 fully saturated rings. The number of hydrogen-bond acceptors (Lipinski definition) is 2. The molecule has 0 aromatic carbocycles. The summed E-state index contributed by atoms with van der Waals surface area (Å²) >= 11 is 11.3. The third-order valence-electron chi connectivity index (χ3n) is 3.04. The summed E-state index contributed by atoms with van der Waals surface area (Å²) in [6.07, 6.45) is -0.891. The highest BCUT2D eigenvalue weighted by molar-refractivity contribution is 6.33. The Labute approximate surface area is 106 Å². The number of alkyl halides is 2. The summed E-state index contributed by atoms with van der Waals surface area (Å²) in [5.41, 5.74) is 4.71. The fourth-order valence-electron chi connectivity index (χ4n) is 2.20. The highest BCUT2D eigenvalue weighted by Crippen LogP contribution is 2.54. The van der Waals surface area contributed by atoms with Gasteiger partial charge < -0.3 is 5.73 Å². The van der Waals surface area contributed by atoms with E-state index in [2.05, 4.69) is 4.98 Å². The van der Waals surface area contributed by atoms with Crippen molar-refractivity contribution in [3.05, 3.63) is 27.8 Å². The van der Waals surface area contributed by atoms with E-state index < -0.39 is 30.0 Å². The van der Waals surface area contributed by atoms with E-state index in [4.69, 9.17) is 28.9 Å². The van der Waals surface area contributed by atoms with Gasteiger partial charge in [0.15, 0.2) is 11.0 Å². The Morgan fingerprint density at radius 1 is 1.29 bits per heavy atom. The van der Waals surface area contributed by atoms with Gasteiger partial charge in [0.25, 0.3) is 0 Å². The highest BCUT2D eigenvalue weighted by atomic mass is 35.5. The third kappa shape index (κ3) is 2.11. The summed E-state index contributed by atoms with van der Waals surface area (Å²) < 4.78 is 39.3. The number of pyridine rings is 1. The second-order valence-corrected chi connectivity index (χ2v) is 5.01. The van der Waals surface area contributed by atoms with E-state index in [0.29, 0.717) is 0 Å². The molecule has 1 aliphatic carbocycles. The van der Waals surface area contributed by atoms with Crippen molar-refractivity contribution in [1.29, 1.82) is 0 Å². The molecule has 0 unspecified atom stereocenters. The molecule has 0 aliphatic heterocycles. The molecule has 0 saturated heterocycles. The summed E-state index contributed by atoms with van der Waals surface area (Å²) in [4.78, 5) is 3.57. The normalized spacial score (nSPS) is 21.1. The molecule has 1 heterocycles. The standard InChI is InChI=1S/C10H9Cl2F3N2/c11-7-5(1-6(13)8(12)17-7)9(4-16)2-10(14,15)3-9/h1H,2-4,16H2. The lowest BCUT2D eigenvalue weighted by Gasteiger charge is -2.47. The second kappa shape index (κ2) is 4.00. The van der Waals surface area contributed by atoms with E-state index in [9.17, 15) is 13.2 Å². The van der Waals surface area contributed by atoms with Gasteiger partial charge in [-0.2, -0.15) is 0 Å². The molecule has 0 amide bonds. The van der Waals surface area contributed by atoms with E-state index >= 15 is 0 Å². The summed E-state index contributed by atoms with van der Waals surface area (Å²) in [5, 5.41) is -0.450. The lowest BCUT2D eigenvalue weighted by molar-refractivity contribution is -0.123. The number of aromatic nitrogens is 1. The van der Waals surface area contributed by atoms with E-state index in [0.717, 1.165) is 6.07 Å². The predicted molar refractivity (Wildman–Crippen MR) is 59.1 cm³/mol. The van der Waals surface area contributed by atoms with Crippen LogP contribution in [0.2, 0.25) is 10.3 Å². The fraction of sp³-hybridized carbons (Fsp3) is 0.500. The van der Waals surface area contributed by atoms with E-state index in [1.165, 1.54) is 0 Å². The summed E-state index contributed by atoms with van der Waals surface area (Å²) in [5.74, 6) is -3.56. The Bertz CT molecular complexity index is 457. The lowest BCUT2D eigenvalue weighted by atomic mass is 9.62. The van der Waals surface area contributed by atoms with Crippen LogP contribution in [0, 0.1) is 5.82 Å². The number of nitrogens with zero attached hydrogens (tertiary/aromatic N) is 1. The molecular weight excluding hydrogens is 276 g/mol. The van der Waals surface area contributed by atoms with Crippen molar-refractivity contribution in [1.82, 2.24) is 4.98 Å². The van der Waals surface area contributed by atoms with Gasteiger partial charge in [0.1, 0.15) is 5.15 Å². The van der Waals surface area contributed by atoms with Crippen molar-refractivity contribution < 1.29 is 13.2 Å². The first-order valence-corrected chi connectivity index (χ1v) is 5.65. The Hall–Kier alpha value is -0.520. The lowest BCUT2D eigenvalue weighted by Crippen LogP contribution is -2.54. The molecule has 7 heteroatoms. The first kappa shape index (κ1) is 12.9. The Morgan fingerprint density at radius 2 is 1.88 bits per heavy atom. The van der Waals surface area contributed by atoms with Crippen LogP contribution in [0.1, 0.15) is 18.4 Å². The molecule has 1 aromatic heterocycles. The molecular formula is C10H9Cl2F3N2. The highest BCUT2D eigenvalue weighted by Gasteiger charge is 2.57. The average molecular weight is 285 g/mol. The number of hydrogen-bond donors (Lipinski definition) is 1. The maximum atomic E-state index is 13.3. The van der Waals surface area contributed by atoms with Crippen LogP contribution in [0.25, 0.3) is 0 Å². The average Bonchev–Trinajstić information content (AvgIpc) is 2.19. The van der Waals surface area contributed by atoms with Gasteiger partial charge in [-0.15, -0.1) is 0 Å². The second-order valence-electron chi connectivity index (χ2n) is 4.29. The zero-order valence-corrected chi connectivity index (χ0v) is 10.1. The minimum absolute atomic E-state index is 0.0366. The molecule has 17 heavy (non-hydrogen) atoms. The fourth-order valence-corrected chi connectivity index (χ4v) is 2.72. The van der Waals surface area contributed by atoms with Gasteiger partial charge in [0.05, 0.1) is 0 Å². The summed E-state index contributed by atoms with van der Waals surface area (Å²) in [7, 11) is 0. The predicted octanol–water partition coefficient (Wildman–Crippen LogP) is 3.15. The molecule has 0 radical (unpaired) electrons. The van der Waals surface area contributed by atoms with Crippen molar-refractivity contribution >= 4 is 23.2 Å². The van der Waals surface area contributed by atoms with Gasteiger partial charge in [-0.3, -0.25) is 0 Å². The molecule has 2 N–H and O–H groups in total. The van der Waals surface area contributed by atoms with Gasteiger partial charge in [-0.25, -0.2) is 18.2 Å². The molecule has 1 aromatic rings. The van der Waals surface area contributed by atoms with E-state index in [-0.39, 0.29) is 22.4 Å². The van der Waals surface area contributed by atoms with Crippen LogP contribution < -0.4 is 5.73 Å². The van der Waals surface area contributed by atoms with Crippen LogP contribution in [-0.2, 0) is 5.41 Å². The van der Waals surface area contributed by atoms with Crippen LogP contribution in [0.15, 0.2) is 6.07 Å². The van der Waals surface area contributed by atoms with Crippen molar-refractivity contribution in [2.24, 2.45) is 5.73 Å². The third-order valence-corrected chi connectivity index (χ3v) is 3.60. The van der Waals surface area contributed by atoms with Crippen LogP contribution in [0.3, 0.4) is 0 Å². The van der Waals surface area contributed by atoms with Gasteiger partial charge >= 0.3 is 0 Å². The summed E-state index contributed by atoms with van der Waals surface area (Å²) in [6, 6.07) is 1.04. The number of halogens is 5. The van der Waals surface area contributed by atoms with Crippen molar-refractivity contribution in [3.8, 4) is 0 Å². The van der Waals surface area contributed by atoms with Gasteiger partial charge in [0.2, 0.25) is 5.92 Å². The minimum Gasteiger partial charge on any atom is -0.330 e. The molecule has 1 aliphatic rings. The van der Waals surface area contributed by atoms with Crippen LogP contribution >= 0.6 is 23.2 Å². The van der Waals surface area contributed by atoms with Crippen LogP contribution in [0.4, 0.5) is 13.2 Å². The molecule has 2 nitrogen and oxygen atoms in total. The van der Waals surface area contributed by atoms with Gasteiger partial charge in [0, 0.05) is 30.4 Å². The zero-order chi connectivity index (χ0) is 12.8. The molecule has 2 rings (SSSR count). The Morgan fingerprint density at radius 3 is 2.35 bits per heavy atom. The molecule has 0 atom stereocenters. The van der Waals surface area contributed by atoms with Gasteiger partial charge in [-0.1, -0.05) is 23.2 Å². The number of rotatable bonds is 2. The molecule has 0 spiro atoms. The zero-order valence-electron chi connectivity index (χ0n) is 8.61.